The van der Waals surface area contributed by atoms with E-state index in [0.29, 0.717) is 0 Å². The minimum absolute atomic E-state index is 0. The van der Waals surface area contributed by atoms with E-state index < -0.39 is 11.9 Å². The Morgan fingerprint density at radius 3 is 1.50 bits per heavy atom. The van der Waals surface area contributed by atoms with Crippen LogP contribution in [0.25, 0.3) is 0 Å². The van der Waals surface area contributed by atoms with Crippen molar-refractivity contribution in [2.45, 2.75) is 0 Å². The van der Waals surface area contributed by atoms with Gasteiger partial charge in [-0.3, -0.25) is 0 Å². The van der Waals surface area contributed by atoms with Gasteiger partial charge in [-0.2, -0.15) is 9.90 Å². The second kappa shape index (κ2) is 6.97. The molecular formula is C4H7O4PV. The Bertz CT molecular complexity index is 139. The summed E-state index contributed by atoms with van der Waals surface area (Å²) in [5, 5.41) is 0. The zero-order chi connectivity index (χ0) is 5.28. The Balaban J connectivity index is -0.000000163. The Morgan fingerprint density at radius 2 is 1.40 bits per heavy atom. The first-order valence-corrected chi connectivity index (χ1v) is 1.73. The molecule has 0 aliphatic carbocycles. The van der Waals surface area contributed by atoms with E-state index in [1.807, 2.05) is 0 Å². The molecule has 0 saturated heterocycles. The first-order chi connectivity index (χ1) is 3.29. The van der Waals surface area contributed by atoms with E-state index in [1.165, 1.54) is 0 Å². The van der Waals surface area contributed by atoms with Crippen LogP contribution < -0.4 is 0 Å². The summed E-state index contributed by atoms with van der Waals surface area (Å²) in [5.41, 5.74) is 0. The monoisotopic (exact) mass is 201 g/mol. The quantitative estimate of drug-likeness (QED) is 0.282. The number of carbonyl (C=O) groups excluding carboxylic acids is 2. The standard InChI is InChI=1S/C4H2O3.H2O.H3P.V/c5-3-1-2-4(6)7-3;;;/h1-2H;1H2;1H3;. The Hall–Kier alpha value is -0.146. The summed E-state index contributed by atoms with van der Waals surface area (Å²) in [4.78, 5) is 19.8. The molecule has 1 radical (unpaired) electrons. The van der Waals surface area contributed by atoms with Crippen molar-refractivity contribution in [3.05, 3.63) is 12.2 Å². The molecule has 1 aliphatic heterocycles. The molecule has 1 heterocycles. The van der Waals surface area contributed by atoms with Crippen molar-refractivity contribution in [1.82, 2.24) is 0 Å². The van der Waals surface area contributed by atoms with Gasteiger partial charge in [-0.25, -0.2) is 9.59 Å². The van der Waals surface area contributed by atoms with Crippen molar-refractivity contribution in [2.24, 2.45) is 0 Å². The summed E-state index contributed by atoms with van der Waals surface area (Å²) in [5.74, 6) is -1.16. The smallest absolute Gasteiger partial charge is 0.338 e. The van der Waals surface area contributed by atoms with E-state index in [4.69, 9.17) is 0 Å². The fraction of sp³-hybridized carbons (Fsp3) is 0. The molecular weight excluding hydrogens is 194 g/mol. The molecule has 10 heavy (non-hydrogen) atoms. The Labute approximate surface area is 72.8 Å². The molecule has 0 saturated carbocycles. The number of carbonyl (C=O) groups is 2. The molecule has 57 valence electrons. The van der Waals surface area contributed by atoms with E-state index in [0.717, 1.165) is 12.2 Å². The van der Waals surface area contributed by atoms with Gasteiger partial charge in [0.25, 0.3) is 0 Å². The second-order valence-electron chi connectivity index (χ2n) is 1.07. The molecule has 1 atom stereocenters. The van der Waals surface area contributed by atoms with Gasteiger partial charge in [0.1, 0.15) is 0 Å². The molecule has 0 amide bonds. The van der Waals surface area contributed by atoms with Gasteiger partial charge in [0, 0.05) is 30.7 Å². The molecule has 0 aromatic heterocycles. The summed E-state index contributed by atoms with van der Waals surface area (Å²) >= 11 is 0. The van der Waals surface area contributed by atoms with Crippen LogP contribution in [0.3, 0.4) is 0 Å². The normalized spacial score (nSPS) is 12.4. The fourth-order valence-electron chi connectivity index (χ4n) is 0.303. The van der Waals surface area contributed by atoms with E-state index >= 15 is 0 Å². The minimum atomic E-state index is -0.579. The Kier molecular flexibility index (Phi) is 11.5. The van der Waals surface area contributed by atoms with Crippen LogP contribution in [0, 0.1) is 0 Å². The van der Waals surface area contributed by atoms with Crippen molar-refractivity contribution >= 4 is 21.8 Å². The van der Waals surface area contributed by atoms with Gasteiger partial charge in [0.2, 0.25) is 0 Å². The molecule has 0 aromatic rings. The van der Waals surface area contributed by atoms with Gasteiger partial charge in [-0.05, 0) is 0 Å². The van der Waals surface area contributed by atoms with Gasteiger partial charge < -0.3 is 10.2 Å². The molecule has 6 heteroatoms. The third-order valence-corrected chi connectivity index (χ3v) is 0.557. The van der Waals surface area contributed by atoms with Crippen LogP contribution in [0.1, 0.15) is 0 Å². The Morgan fingerprint density at radius 1 is 1.10 bits per heavy atom. The number of rotatable bonds is 0. The third kappa shape index (κ3) is 4.71. The number of ether oxygens (including phenoxy) is 1. The summed E-state index contributed by atoms with van der Waals surface area (Å²) < 4.78 is 3.97. The van der Waals surface area contributed by atoms with Gasteiger partial charge >= 0.3 is 11.9 Å². The van der Waals surface area contributed by atoms with Gasteiger partial charge in [-0.15, -0.1) is 0 Å². The largest absolute Gasteiger partial charge is 0.412 e. The van der Waals surface area contributed by atoms with E-state index in [2.05, 4.69) is 4.74 Å². The third-order valence-electron chi connectivity index (χ3n) is 0.557. The topological polar surface area (TPSA) is 74.9 Å². The van der Waals surface area contributed by atoms with Crippen LogP contribution in [0.15, 0.2) is 12.2 Å². The summed E-state index contributed by atoms with van der Waals surface area (Å²) in [6, 6.07) is 0. The van der Waals surface area contributed by atoms with Crippen LogP contribution in [0.4, 0.5) is 0 Å². The first kappa shape index (κ1) is 16.4. The van der Waals surface area contributed by atoms with Crippen LogP contribution in [0.5, 0.6) is 0 Å². The number of cyclic esters (lactones) is 2. The van der Waals surface area contributed by atoms with Gasteiger partial charge in [-0.1, -0.05) is 0 Å². The molecule has 1 aliphatic rings. The molecule has 2 N–H and O–H groups in total. The number of esters is 2. The number of hydrogen-bond acceptors (Lipinski definition) is 3. The predicted octanol–water partition coefficient (Wildman–Crippen LogP) is -1.14. The molecule has 1 unspecified atom stereocenters. The average Bonchev–Trinajstić information content (AvgIpc) is 1.87. The molecule has 0 fully saturated rings. The van der Waals surface area contributed by atoms with E-state index in [-0.39, 0.29) is 33.9 Å². The van der Waals surface area contributed by atoms with Crippen molar-refractivity contribution < 1.29 is 38.4 Å². The molecule has 0 spiro atoms. The van der Waals surface area contributed by atoms with Crippen LogP contribution in [0.2, 0.25) is 0 Å². The minimum Gasteiger partial charge on any atom is -0.412 e. The first-order valence-electron chi connectivity index (χ1n) is 1.73. The van der Waals surface area contributed by atoms with Crippen molar-refractivity contribution in [3.63, 3.8) is 0 Å². The van der Waals surface area contributed by atoms with Crippen molar-refractivity contribution in [1.29, 1.82) is 0 Å². The molecule has 1 rings (SSSR count). The van der Waals surface area contributed by atoms with Crippen LogP contribution in [-0.2, 0) is 32.9 Å². The molecule has 4 nitrogen and oxygen atoms in total. The van der Waals surface area contributed by atoms with Crippen LogP contribution in [-0.4, -0.2) is 17.4 Å². The second-order valence-corrected chi connectivity index (χ2v) is 1.07. The van der Waals surface area contributed by atoms with E-state index in [1.54, 1.807) is 0 Å². The summed E-state index contributed by atoms with van der Waals surface area (Å²) in [6.07, 6.45) is 2.17. The van der Waals surface area contributed by atoms with Gasteiger partial charge in [0.15, 0.2) is 0 Å². The number of hydrogen-bond donors (Lipinski definition) is 0. The van der Waals surface area contributed by atoms with Crippen molar-refractivity contribution in [2.75, 3.05) is 0 Å². The van der Waals surface area contributed by atoms with Gasteiger partial charge in [0.05, 0.1) is 0 Å². The average molecular weight is 201 g/mol. The zero-order valence-electron chi connectivity index (χ0n) is 5.03. The van der Waals surface area contributed by atoms with Crippen LogP contribution >= 0.6 is 9.90 Å². The summed E-state index contributed by atoms with van der Waals surface area (Å²) in [6.45, 7) is 0. The van der Waals surface area contributed by atoms with E-state index in [9.17, 15) is 9.59 Å². The maximum absolute atomic E-state index is 9.92. The molecule has 0 bridgehead atoms. The maximum atomic E-state index is 9.92. The SMILES string of the molecule is O.O=C1C=CC(=O)O1.P.[V]. The fourth-order valence-corrected chi connectivity index (χ4v) is 0.303. The maximum Gasteiger partial charge on any atom is 0.338 e. The summed E-state index contributed by atoms with van der Waals surface area (Å²) in [7, 11) is 0. The predicted molar refractivity (Wildman–Crippen MR) is 35.0 cm³/mol. The zero-order valence-corrected chi connectivity index (χ0v) is 7.84. The van der Waals surface area contributed by atoms with Crippen molar-refractivity contribution in [3.8, 4) is 0 Å². The molecule has 0 aromatic carbocycles.